The van der Waals surface area contributed by atoms with E-state index in [-0.39, 0.29) is 17.7 Å². The third-order valence-corrected chi connectivity index (χ3v) is 4.67. The molecule has 0 saturated heterocycles. The first-order valence-electron chi connectivity index (χ1n) is 8.46. The van der Waals surface area contributed by atoms with E-state index in [4.69, 9.17) is 11.6 Å². The Morgan fingerprint density at radius 3 is 2.52 bits per heavy atom. The molecule has 2 N–H and O–H groups in total. The molecule has 1 aliphatic carbocycles. The van der Waals surface area contributed by atoms with Gasteiger partial charge in [0.1, 0.15) is 5.69 Å². The van der Waals surface area contributed by atoms with Gasteiger partial charge < -0.3 is 10.6 Å². The first-order valence-corrected chi connectivity index (χ1v) is 8.84. The first kappa shape index (κ1) is 17.4. The topological polar surface area (TPSA) is 71.1 Å². The summed E-state index contributed by atoms with van der Waals surface area (Å²) in [5, 5.41) is 6.03. The molecule has 25 heavy (non-hydrogen) atoms. The van der Waals surface area contributed by atoms with Gasteiger partial charge in [-0.25, -0.2) is 0 Å². The molecule has 0 atom stereocenters. The minimum atomic E-state index is -0.310. The zero-order valence-corrected chi connectivity index (χ0v) is 14.6. The summed E-state index contributed by atoms with van der Waals surface area (Å²) in [7, 11) is 0. The maximum absolute atomic E-state index is 12.3. The van der Waals surface area contributed by atoms with Crippen LogP contribution in [0.15, 0.2) is 42.6 Å². The van der Waals surface area contributed by atoms with Crippen LogP contribution in [0.1, 0.15) is 42.6 Å². The molecule has 2 aromatic rings. The van der Waals surface area contributed by atoms with E-state index in [0.29, 0.717) is 22.1 Å². The summed E-state index contributed by atoms with van der Waals surface area (Å²) in [5.74, 6) is -0.226. The van der Waals surface area contributed by atoms with Crippen LogP contribution in [0.25, 0.3) is 0 Å². The molecule has 2 amide bonds. The van der Waals surface area contributed by atoms with Crippen molar-refractivity contribution in [1.29, 1.82) is 0 Å². The predicted molar refractivity (Wildman–Crippen MR) is 98.8 cm³/mol. The fourth-order valence-corrected chi connectivity index (χ4v) is 3.21. The average molecular weight is 358 g/mol. The van der Waals surface area contributed by atoms with E-state index in [1.165, 1.54) is 6.42 Å². The highest BCUT2D eigenvalue weighted by Crippen LogP contribution is 2.29. The van der Waals surface area contributed by atoms with E-state index in [1.54, 1.807) is 42.6 Å². The Labute approximate surface area is 151 Å². The maximum Gasteiger partial charge on any atom is 0.274 e. The summed E-state index contributed by atoms with van der Waals surface area (Å²) in [6.07, 6.45) is 6.83. The monoisotopic (exact) mass is 357 g/mol. The largest absolute Gasteiger partial charge is 0.325 e. The molecule has 1 aromatic heterocycles. The van der Waals surface area contributed by atoms with Crippen molar-refractivity contribution in [2.75, 3.05) is 10.6 Å². The molecule has 3 rings (SSSR count). The number of halogens is 1. The van der Waals surface area contributed by atoms with Crippen molar-refractivity contribution in [2.45, 2.75) is 32.1 Å². The van der Waals surface area contributed by atoms with Gasteiger partial charge in [0, 0.05) is 17.8 Å². The molecule has 0 spiro atoms. The second kappa shape index (κ2) is 8.12. The van der Waals surface area contributed by atoms with Crippen LogP contribution in [0, 0.1) is 5.92 Å². The summed E-state index contributed by atoms with van der Waals surface area (Å²) < 4.78 is 0. The van der Waals surface area contributed by atoms with Crippen LogP contribution in [0.3, 0.4) is 0 Å². The minimum Gasteiger partial charge on any atom is -0.325 e. The molecule has 1 saturated carbocycles. The van der Waals surface area contributed by atoms with E-state index in [9.17, 15) is 9.59 Å². The van der Waals surface area contributed by atoms with Gasteiger partial charge in [-0.15, -0.1) is 0 Å². The molecule has 6 heteroatoms. The predicted octanol–water partition coefficient (Wildman–Crippen LogP) is 4.51. The van der Waals surface area contributed by atoms with Crippen LogP contribution in [-0.4, -0.2) is 16.8 Å². The zero-order chi connectivity index (χ0) is 17.6. The number of aromatic nitrogens is 1. The molecule has 1 heterocycles. The summed E-state index contributed by atoms with van der Waals surface area (Å²) in [6.45, 7) is 0. The van der Waals surface area contributed by atoms with Crippen molar-refractivity contribution in [3.05, 3.63) is 53.3 Å². The quantitative estimate of drug-likeness (QED) is 0.845. The number of hydrogen-bond donors (Lipinski definition) is 2. The van der Waals surface area contributed by atoms with Crippen LogP contribution < -0.4 is 10.6 Å². The SMILES string of the molecule is O=C(Nc1ccc(NC(=O)C2CCCCC2)c(Cl)c1)c1ccccn1. The lowest BCUT2D eigenvalue weighted by Crippen LogP contribution is -2.24. The number of pyridine rings is 1. The standard InChI is InChI=1S/C19H20ClN3O2/c20-15-12-14(22-19(25)17-8-4-5-11-21-17)9-10-16(15)23-18(24)13-6-2-1-3-7-13/h4-5,8-13H,1-3,6-7H2,(H,22,25)(H,23,24). The van der Waals surface area contributed by atoms with E-state index < -0.39 is 0 Å². The van der Waals surface area contributed by atoms with E-state index in [2.05, 4.69) is 15.6 Å². The van der Waals surface area contributed by atoms with E-state index in [1.807, 2.05) is 0 Å². The lowest BCUT2D eigenvalue weighted by atomic mass is 9.88. The van der Waals surface area contributed by atoms with Crippen molar-refractivity contribution >= 4 is 34.8 Å². The Balaban J connectivity index is 1.64. The molecule has 0 unspecified atom stereocenters. The highest BCUT2D eigenvalue weighted by atomic mass is 35.5. The smallest absolute Gasteiger partial charge is 0.274 e. The van der Waals surface area contributed by atoms with Crippen LogP contribution in [0.4, 0.5) is 11.4 Å². The molecule has 0 aliphatic heterocycles. The van der Waals surface area contributed by atoms with Gasteiger partial charge in [-0.1, -0.05) is 36.9 Å². The molecule has 0 bridgehead atoms. The van der Waals surface area contributed by atoms with Gasteiger partial charge in [0.15, 0.2) is 0 Å². The van der Waals surface area contributed by atoms with Crippen molar-refractivity contribution in [3.63, 3.8) is 0 Å². The van der Waals surface area contributed by atoms with Crippen LogP contribution in [-0.2, 0) is 4.79 Å². The van der Waals surface area contributed by atoms with Gasteiger partial charge in [0.2, 0.25) is 5.91 Å². The molecule has 130 valence electrons. The summed E-state index contributed by atoms with van der Waals surface area (Å²) in [6, 6.07) is 10.2. The molecule has 1 fully saturated rings. The zero-order valence-electron chi connectivity index (χ0n) is 13.8. The molecule has 5 nitrogen and oxygen atoms in total. The second-order valence-electron chi connectivity index (χ2n) is 6.19. The van der Waals surface area contributed by atoms with Crippen molar-refractivity contribution in [2.24, 2.45) is 5.92 Å². The third-order valence-electron chi connectivity index (χ3n) is 4.36. The number of hydrogen-bond acceptors (Lipinski definition) is 3. The number of carbonyl (C=O) groups excluding carboxylic acids is 2. The fraction of sp³-hybridized carbons (Fsp3) is 0.316. The Morgan fingerprint density at radius 1 is 1.04 bits per heavy atom. The minimum absolute atomic E-state index is 0.0203. The number of rotatable bonds is 4. The van der Waals surface area contributed by atoms with Gasteiger partial charge >= 0.3 is 0 Å². The first-order chi connectivity index (χ1) is 12.1. The molecule has 1 aromatic carbocycles. The van der Waals surface area contributed by atoms with Gasteiger partial charge in [-0.2, -0.15) is 0 Å². The van der Waals surface area contributed by atoms with Gasteiger partial charge in [-0.3, -0.25) is 14.6 Å². The van der Waals surface area contributed by atoms with Crippen molar-refractivity contribution in [1.82, 2.24) is 4.98 Å². The van der Waals surface area contributed by atoms with E-state index >= 15 is 0 Å². The van der Waals surface area contributed by atoms with Gasteiger partial charge in [0.25, 0.3) is 5.91 Å². The number of nitrogens with one attached hydrogen (secondary N) is 2. The third kappa shape index (κ3) is 4.57. The van der Waals surface area contributed by atoms with Crippen molar-refractivity contribution in [3.8, 4) is 0 Å². The Morgan fingerprint density at radius 2 is 1.84 bits per heavy atom. The fourth-order valence-electron chi connectivity index (χ4n) is 2.99. The van der Waals surface area contributed by atoms with Crippen LogP contribution in [0.5, 0.6) is 0 Å². The Hall–Kier alpha value is -2.40. The van der Waals surface area contributed by atoms with Gasteiger partial charge in [-0.05, 0) is 43.2 Å². The highest BCUT2D eigenvalue weighted by molar-refractivity contribution is 6.34. The number of nitrogens with zero attached hydrogens (tertiary/aromatic N) is 1. The van der Waals surface area contributed by atoms with Gasteiger partial charge in [0.05, 0.1) is 10.7 Å². The highest BCUT2D eigenvalue weighted by Gasteiger charge is 2.21. The number of benzene rings is 1. The molecular weight excluding hydrogens is 338 g/mol. The van der Waals surface area contributed by atoms with E-state index in [0.717, 1.165) is 25.7 Å². The second-order valence-corrected chi connectivity index (χ2v) is 6.60. The number of anilines is 2. The molecular formula is C19H20ClN3O2. The molecule has 1 aliphatic rings. The summed E-state index contributed by atoms with van der Waals surface area (Å²) >= 11 is 6.26. The Kier molecular flexibility index (Phi) is 5.66. The number of carbonyl (C=O) groups is 2. The lowest BCUT2D eigenvalue weighted by molar-refractivity contribution is -0.120. The summed E-state index contributed by atoms with van der Waals surface area (Å²) in [5.41, 5.74) is 1.44. The maximum atomic E-state index is 12.3. The lowest BCUT2D eigenvalue weighted by Gasteiger charge is -2.21. The van der Waals surface area contributed by atoms with Crippen LogP contribution in [0.2, 0.25) is 5.02 Å². The Bertz CT molecular complexity index is 759. The normalized spacial score (nSPS) is 14.8. The average Bonchev–Trinajstić information content (AvgIpc) is 2.65. The molecule has 0 radical (unpaired) electrons. The summed E-state index contributed by atoms with van der Waals surface area (Å²) in [4.78, 5) is 28.4. The van der Waals surface area contributed by atoms with Crippen molar-refractivity contribution < 1.29 is 9.59 Å². The van der Waals surface area contributed by atoms with Crippen LogP contribution >= 0.6 is 11.6 Å². The number of amides is 2.